The second-order valence-electron chi connectivity index (χ2n) is 6.39. The van der Waals surface area contributed by atoms with Crippen LogP contribution in [-0.4, -0.2) is 33.9 Å². The lowest BCUT2D eigenvalue weighted by molar-refractivity contribution is 0.0256. The van der Waals surface area contributed by atoms with E-state index in [0.717, 1.165) is 54.1 Å². The van der Waals surface area contributed by atoms with E-state index in [1.807, 2.05) is 16.8 Å². The Morgan fingerprint density at radius 3 is 2.81 bits per heavy atom. The van der Waals surface area contributed by atoms with Gasteiger partial charge in [0.05, 0.1) is 30.6 Å². The molecule has 0 radical (unpaired) electrons. The molecule has 0 saturated carbocycles. The van der Waals surface area contributed by atoms with E-state index in [9.17, 15) is 0 Å². The molecule has 2 aromatic heterocycles. The van der Waals surface area contributed by atoms with Crippen LogP contribution in [0.2, 0.25) is 0 Å². The Morgan fingerprint density at radius 1 is 1.27 bits per heavy atom. The molecular weight excluding hydrogens is 352 g/mol. The van der Waals surface area contributed by atoms with Crippen LogP contribution < -0.4 is 10.5 Å². The van der Waals surface area contributed by atoms with Crippen LogP contribution >= 0.6 is 12.4 Å². The molecule has 1 aliphatic rings. The average Bonchev–Trinajstić information content (AvgIpc) is 3.04. The van der Waals surface area contributed by atoms with Gasteiger partial charge in [-0.15, -0.1) is 12.4 Å². The first-order valence-electron chi connectivity index (χ1n) is 8.62. The van der Waals surface area contributed by atoms with Crippen molar-refractivity contribution in [2.75, 3.05) is 13.2 Å². The second-order valence-corrected chi connectivity index (χ2v) is 6.39. The molecule has 1 aliphatic heterocycles. The van der Waals surface area contributed by atoms with Gasteiger partial charge in [0.15, 0.2) is 0 Å². The first-order chi connectivity index (χ1) is 12.2. The number of rotatable bonds is 4. The summed E-state index contributed by atoms with van der Waals surface area (Å²) in [4.78, 5) is 4.50. The zero-order chi connectivity index (χ0) is 17.2. The van der Waals surface area contributed by atoms with E-state index >= 15 is 0 Å². The van der Waals surface area contributed by atoms with Gasteiger partial charge in [0.25, 0.3) is 0 Å². The molecular formula is C19H23ClN4O2. The smallest absolute Gasteiger partial charge is 0.140 e. The minimum Gasteiger partial charge on any atom is -0.489 e. The number of nitrogens with zero attached hydrogens (tertiary/aromatic N) is 3. The van der Waals surface area contributed by atoms with Crippen LogP contribution in [0, 0.1) is 6.92 Å². The highest BCUT2D eigenvalue weighted by molar-refractivity contribution is 5.85. The molecule has 1 saturated heterocycles. The summed E-state index contributed by atoms with van der Waals surface area (Å²) in [7, 11) is 0. The van der Waals surface area contributed by atoms with Crippen molar-refractivity contribution in [3.63, 3.8) is 0 Å². The van der Waals surface area contributed by atoms with E-state index in [2.05, 4.69) is 35.2 Å². The fraction of sp³-hybridized carbons (Fsp3) is 0.368. The van der Waals surface area contributed by atoms with Crippen molar-refractivity contribution in [2.24, 2.45) is 5.73 Å². The van der Waals surface area contributed by atoms with Crippen LogP contribution in [0.15, 0.2) is 36.8 Å². The first-order valence-corrected chi connectivity index (χ1v) is 8.62. The SMILES string of the molecule is Cc1cc(-c2ncnn3cc(OC4CCOCC4)cc23)ccc1CN.Cl. The predicted molar refractivity (Wildman–Crippen MR) is 103 cm³/mol. The largest absolute Gasteiger partial charge is 0.489 e. The van der Waals surface area contributed by atoms with Gasteiger partial charge in [-0.25, -0.2) is 9.50 Å². The van der Waals surface area contributed by atoms with Gasteiger partial charge in [0.1, 0.15) is 18.2 Å². The zero-order valence-corrected chi connectivity index (χ0v) is 15.5. The van der Waals surface area contributed by atoms with Gasteiger partial charge >= 0.3 is 0 Å². The molecule has 1 fully saturated rings. The number of halogens is 1. The summed E-state index contributed by atoms with van der Waals surface area (Å²) < 4.78 is 13.3. The Bertz CT molecular complexity index is 890. The number of benzene rings is 1. The van der Waals surface area contributed by atoms with Crippen molar-refractivity contribution in [2.45, 2.75) is 32.4 Å². The van der Waals surface area contributed by atoms with Gasteiger partial charge in [-0.2, -0.15) is 5.10 Å². The third-order valence-corrected chi connectivity index (χ3v) is 4.69. The van der Waals surface area contributed by atoms with Crippen LogP contribution in [0.4, 0.5) is 0 Å². The number of hydrogen-bond donors (Lipinski definition) is 1. The fourth-order valence-electron chi connectivity index (χ4n) is 3.25. The fourth-order valence-corrected chi connectivity index (χ4v) is 3.25. The monoisotopic (exact) mass is 374 g/mol. The molecule has 3 heterocycles. The van der Waals surface area contributed by atoms with E-state index in [1.54, 1.807) is 6.33 Å². The van der Waals surface area contributed by atoms with Gasteiger partial charge < -0.3 is 15.2 Å². The second kappa shape index (κ2) is 8.03. The first kappa shape index (κ1) is 18.6. The lowest BCUT2D eigenvalue weighted by Crippen LogP contribution is -2.25. The molecule has 4 rings (SSSR count). The molecule has 0 spiro atoms. The molecule has 0 amide bonds. The topological polar surface area (TPSA) is 74.7 Å². The number of ether oxygens (including phenoxy) is 2. The third-order valence-electron chi connectivity index (χ3n) is 4.69. The Balaban J connectivity index is 0.00000196. The third kappa shape index (κ3) is 3.67. The van der Waals surface area contributed by atoms with Crippen molar-refractivity contribution in [1.82, 2.24) is 14.6 Å². The molecule has 0 aliphatic carbocycles. The van der Waals surface area contributed by atoms with Crippen molar-refractivity contribution >= 4 is 17.9 Å². The maximum Gasteiger partial charge on any atom is 0.140 e. The molecule has 26 heavy (non-hydrogen) atoms. The lowest BCUT2D eigenvalue weighted by atomic mass is 10.0. The zero-order valence-electron chi connectivity index (χ0n) is 14.7. The highest BCUT2D eigenvalue weighted by atomic mass is 35.5. The molecule has 6 nitrogen and oxygen atoms in total. The van der Waals surface area contributed by atoms with Crippen molar-refractivity contribution in [3.05, 3.63) is 47.9 Å². The summed E-state index contributed by atoms with van der Waals surface area (Å²) >= 11 is 0. The summed E-state index contributed by atoms with van der Waals surface area (Å²) in [5.41, 5.74) is 11.0. The van der Waals surface area contributed by atoms with Crippen LogP contribution in [-0.2, 0) is 11.3 Å². The highest BCUT2D eigenvalue weighted by Crippen LogP contribution is 2.28. The van der Waals surface area contributed by atoms with Gasteiger partial charge in [-0.1, -0.05) is 12.1 Å². The number of aromatic nitrogens is 3. The van der Waals surface area contributed by atoms with Crippen LogP contribution in [0.5, 0.6) is 5.75 Å². The van der Waals surface area contributed by atoms with Crippen molar-refractivity contribution in [1.29, 1.82) is 0 Å². The van der Waals surface area contributed by atoms with E-state index in [-0.39, 0.29) is 18.5 Å². The molecule has 1 aromatic carbocycles. The molecule has 138 valence electrons. The van der Waals surface area contributed by atoms with Gasteiger partial charge in [-0.3, -0.25) is 0 Å². The Hall–Kier alpha value is -2.15. The van der Waals surface area contributed by atoms with Crippen LogP contribution in [0.25, 0.3) is 16.8 Å². The van der Waals surface area contributed by atoms with Crippen molar-refractivity contribution in [3.8, 4) is 17.0 Å². The predicted octanol–water partition coefficient (Wildman–Crippen LogP) is 3.14. The molecule has 0 unspecified atom stereocenters. The number of nitrogens with two attached hydrogens (primary N) is 1. The van der Waals surface area contributed by atoms with Gasteiger partial charge in [0.2, 0.25) is 0 Å². The van der Waals surface area contributed by atoms with Crippen molar-refractivity contribution < 1.29 is 9.47 Å². The minimum atomic E-state index is 0. The standard InChI is InChI=1S/C19H22N4O2.ClH/c1-13-8-14(2-3-15(13)10-20)19-18-9-17(11-23(18)22-12-21-19)25-16-4-6-24-7-5-16;/h2-3,8-9,11-12,16H,4-7,10,20H2,1H3;1H. The number of fused-ring (bicyclic) bond motifs is 1. The summed E-state index contributed by atoms with van der Waals surface area (Å²) in [6, 6.07) is 8.25. The minimum absolute atomic E-state index is 0. The van der Waals surface area contributed by atoms with E-state index in [4.69, 9.17) is 15.2 Å². The Morgan fingerprint density at radius 2 is 2.08 bits per heavy atom. The maximum absolute atomic E-state index is 6.11. The van der Waals surface area contributed by atoms with Crippen LogP contribution in [0.1, 0.15) is 24.0 Å². The lowest BCUT2D eigenvalue weighted by Gasteiger charge is -2.22. The molecule has 2 N–H and O–H groups in total. The number of hydrogen-bond acceptors (Lipinski definition) is 5. The van der Waals surface area contributed by atoms with Crippen LogP contribution in [0.3, 0.4) is 0 Å². The Labute approximate surface area is 158 Å². The maximum atomic E-state index is 6.11. The summed E-state index contributed by atoms with van der Waals surface area (Å²) in [6.07, 6.45) is 5.53. The molecule has 0 bridgehead atoms. The quantitative estimate of drug-likeness (QED) is 0.759. The Kier molecular flexibility index (Phi) is 5.76. The summed E-state index contributed by atoms with van der Waals surface area (Å²) in [6.45, 7) is 4.13. The van der Waals surface area contributed by atoms with E-state index in [1.165, 1.54) is 5.56 Å². The summed E-state index contributed by atoms with van der Waals surface area (Å²) in [5, 5.41) is 4.32. The number of aryl methyl sites for hydroxylation is 1. The highest BCUT2D eigenvalue weighted by Gasteiger charge is 2.17. The van der Waals surface area contributed by atoms with E-state index in [0.29, 0.717) is 6.54 Å². The average molecular weight is 375 g/mol. The molecule has 0 atom stereocenters. The molecule has 3 aromatic rings. The molecule has 7 heteroatoms. The van der Waals surface area contributed by atoms with Gasteiger partial charge in [-0.05, 0) is 24.1 Å². The van der Waals surface area contributed by atoms with E-state index < -0.39 is 0 Å². The van der Waals surface area contributed by atoms with Gasteiger partial charge in [0, 0.05) is 31.0 Å². The summed E-state index contributed by atoms with van der Waals surface area (Å²) in [5.74, 6) is 0.823. The normalized spacial score (nSPS) is 15.0.